The number of nitrogens with two attached hydrogens (primary N) is 1. The van der Waals surface area contributed by atoms with E-state index in [4.69, 9.17) is 5.73 Å². The Morgan fingerprint density at radius 1 is 1.28 bits per heavy atom. The van der Waals surface area contributed by atoms with Crippen LogP contribution in [0, 0.1) is 6.92 Å². The predicted molar refractivity (Wildman–Crippen MR) is 107 cm³/mol. The minimum Gasteiger partial charge on any atom is -0.384 e. The maximum absolute atomic E-state index is 12.6. The van der Waals surface area contributed by atoms with Crippen molar-refractivity contribution in [2.75, 3.05) is 24.1 Å². The lowest BCUT2D eigenvalue weighted by Crippen LogP contribution is -2.32. The standard InChI is InChI=1S/C16H21N5OS.2ClH/c1-11-15(23-10-19-11)16(22)21-7-2-3-12(6-8-21)20-13-4-5-14(17)18-9-13;;/h4-5,9-10,12,20H,2-3,6-8H2,1H3,(H2,17,18);2*1H. The third kappa shape index (κ3) is 5.45. The van der Waals surface area contributed by atoms with Crippen molar-refractivity contribution in [2.24, 2.45) is 0 Å². The third-order valence-electron chi connectivity index (χ3n) is 4.11. The molecule has 1 unspecified atom stereocenters. The molecule has 2 aromatic rings. The van der Waals surface area contributed by atoms with Crippen LogP contribution >= 0.6 is 36.2 Å². The van der Waals surface area contributed by atoms with Crippen LogP contribution in [0.5, 0.6) is 0 Å². The Labute approximate surface area is 164 Å². The third-order valence-corrected chi connectivity index (χ3v) is 5.03. The molecule has 0 bridgehead atoms. The second kappa shape index (κ2) is 9.79. The lowest BCUT2D eigenvalue weighted by Gasteiger charge is -2.20. The number of carbonyl (C=O) groups excluding carboxylic acids is 1. The van der Waals surface area contributed by atoms with Gasteiger partial charge in [0.1, 0.15) is 10.7 Å². The van der Waals surface area contributed by atoms with Crippen LogP contribution in [0.15, 0.2) is 23.8 Å². The number of likely N-dealkylation sites (tertiary alicyclic amines) is 1. The van der Waals surface area contributed by atoms with Gasteiger partial charge in [-0.3, -0.25) is 4.79 Å². The molecule has 25 heavy (non-hydrogen) atoms. The van der Waals surface area contributed by atoms with Crippen molar-refractivity contribution < 1.29 is 4.79 Å². The summed E-state index contributed by atoms with van der Waals surface area (Å²) in [5, 5.41) is 3.49. The summed E-state index contributed by atoms with van der Waals surface area (Å²) in [5.41, 5.74) is 9.14. The summed E-state index contributed by atoms with van der Waals surface area (Å²) in [6, 6.07) is 4.08. The molecular weight excluding hydrogens is 381 g/mol. The molecule has 0 aliphatic carbocycles. The zero-order valence-electron chi connectivity index (χ0n) is 14.0. The zero-order chi connectivity index (χ0) is 16.2. The van der Waals surface area contributed by atoms with Crippen molar-refractivity contribution in [3.63, 3.8) is 0 Å². The van der Waals surface area contributed by atoms with Gasteiger partial charge in [0.05, 0.1) is 23.1 Å². The minimum absolute atomic E-state index is 0. The predicted octanol–water partition coefficient (Wildman–Crippen LogP) is 3.38. The molecule has 0 radical (unpaired) electrons. The number of amides is 1. The van der Waals surface area contributed by atoms with E-state index in [1.807, 2.05) is 17.9 Å². The molecule has 0 aromatic carbocycles. The van der Waals surface area contributed by atoms with E-state index in [0.717, 1.165) is 48.6 Å². The van der Waals surface area contributed by atoms with Crippen LogP contribution in [0.25, 0.3) is 0 Å². The molecule has 3 N–H and O–H groups in total. The van der Waals surface area contributed by atoms with Gasteiger partial charge in [0.25, 0.3) is 5.91 Å². The fourth-order valence-corrected chi connectivity index (χ4v) is 3.59. The van der Waals surface area contributed by atoms with Crippen molar-refractivity contribution >= 4 is 53.6 Å². The SMILES string of the molecule is Cc1ncsc1C(=O)N1CCCC(Nc2ccc(N)nc2)CC1.Cl.Cl. The van der Waals surface area contributed by atoms with E-state index in [-0.39, 0.29) is 30.7 Å². The van der Waals surface area contributed by atoms with Crippen molar-refractivity contribution in [3.8, 4) is 0 Å². The number of nitrogen functional groups attached to an aromatic ring is 1. The first-order chi connectivity index (χ1) is 11.1. The Bertz CT molecular complexity index is 679. The van der Waals surface area contributed by atoms with Crippen molar-refractivity contribution in [2.45, 2.75) is 32.2 Å². The van der Waals surface area contributed by atoms with E-state index in [2.05, 4.69) is 15.3 Å². The molecule has 6 nitrogen and oxygen atoms in total. The Hall–Kier alpha value is -1.57. The number of aryl methyl sites for hydroxylation is 1. The number of hydrogen-bond acceptors (Lipinski definition) is 6. The zero-order valence-corrected chi connectivity index (χ0v) is 16.4. The fourth-order valence-electron chi connectivity index (χ4n) is 2.82. The summed E-state index contributed by atoms with van der Waals surface area (Å²) < 4.78 is 0. The van der Waals surface area contributed by atoms with E-state index >= 15 is 0 Å². The summed E-state index contributed by atoms with van der Waals surface area (Å²) in [5.74, 6) is 0.632. The van der Waals surface area contributed by atoms with Gasteiger partial charge in [-0.05, 0) is 38.3 Å². The Morgan fingerprint density at radius 2 is 2.08 bits per heavy atom. The average Bonchev–Trinajstić information content (AvgIpc) is 2.84. The quantitative estimate of drug-likeness (QED) is 0.820. The molecule has 1 aliphatic heterocycles. The van der Waals surface area contributed by atoms with Gasteiger partial charge in [0, 0.05) is 19.1 Å². The van der Waals surface area contributed by atoms with Crippen LogP contribution in [-0.4, -0.2) is 39.9 Å². The molecule has 1 amide bonds. The van der Waals surface area contributed by atoms with Gasteiger partial charge in [0.2, 0.25) is 0 Å². The largest absolute Gasteiger partial charge is 0.384 e. The highest BCUT2D eigenvalue weighted by atomic mass is 35.5. The highest BCUT2D eigenvalue weighted by Crippen LogP contribution is 2.20. The molecule has 1 saturated heterocycles. The Kier molecular flexibility index (Phi) is 8.41. The lowest BCUT2D eigenvalue weighted by atomic mass is 10.1. The molecule has 9 heteroatoms. The molecular formula is C16H23Cl2N5OS. The van der Waals surface area contributed by atoms with E-state index in [0.29, 0.717) is 11.9 Å². The number of nitrogens with one attached hydrogen (secondary N) is 1. The highest BCUT2D eigenvalue weighted by molar-refractivity contribution is 7.11. The van der Waals surface area contributed by atoms with E-state index < -0.39 is 0 Å². The van der Waals surface area contributed by atoms with Gasteiger partial charge in [-0.15, -0.1) is 36.2 Å². The average molecular weight is 404 g/mol. The Balaban J connectivity index is 0.00000156. The first-order valence-corrected chi connectivity index (χ1v) is 8.69. The van der Waals surface area contributed by atoms with Gasteiger partial charge in [0.15, 0.2) is 0 Å². The number of pyridine rings is 1. The minimum atomic E-state index is 0. The van der Waals surface area contributed by atoms with Crippen LogP contribution < -0.4 is 11.1 Å². The van der Waals surface area contributed by atoms with Gasteiger partial charge in [-0.2, -0.15) is 0 Å². The van der Waals surface area contributed by atoms with Crippen molar-refractivity contribution in [1.82, 2.24) is 14.9 Å². The summed E-state index contributed by atoms with van der Waals surface area (Å²) >= 11 is 1.42. The number of anilines is 2. The summed E-state index contributed by atoms with van der Waals surface area (Å²) in [4.78, 5) is 23.6. The number of halogens is 2. The van der Waals surface area contributed by atoms with E-state index in [1.165, 1.54) is 11.3 Å². The second-order valence-corrected chi connectivity index (χ2v) is 6.66. The van der Waals surface area contributed by atoms with E-state index in [1.54, 1.807) is 17.8 Å². The molecule has 1 aliphatic rings. The smallest absolute Gasteiger partial charge is 0.265 e. The van der Waals surface area contributed by atoms with Crippen molar-refractivity contribution in [1.29, 1.82) is 0 Å². The van der Waals surface area contributed by atoms with Crippen LogP contribution in [0.4, 0.5) is 11.5 Å². The molecule has 0 saturated carbocycles. The molecule has 1 atom stereocenters. The maximum atomic E-state index is 12.6. The van der Waals surface area contributed by atoms with Crippen LogP contribution in [0.2, 0.25) is 0 Å². The molecule has 2 aromatic heterocycles. The first kappa shape index (κ1) is 21.5. The maximum Gasteiger partial charge on any atom is 0.265 e. The fraction of sp³-hybridized carbons (Fsp3) is 0.438. The Morgan fingerprint density at radius 3 is 2.72 bits per heavy atom. The van der Waals surface area contributed by atoms with Gasteiger partial charge < -0.3 is 16.0 Å². The summed E-state index contributed by atoms with van der Waals surface area (Å²) in [6.07, 6.45) is 4.71. The molecule has 3 rings (SSSR count). The molecule has 1 fully saturated rings. The summed E-state index contributed by atoms with van der Waals surface area (Å²) in [6.45, 7) is 3.45. The summed E-state index contributed by atoms with van der Waals surface area (Å²) in [7, 11) is 0. The number of aromatic nitrogens is 2. The molecule has 3 heterocycles. The van der Waals surface area contributed by atoms with E-state index in [9.17, 15) is 4.79 Å². The van der Waals surface area contributed by atoms with Crippen molar-refractivity contribution in [3.05, 3.63) is 34.4 Å². The highest BCUT2D eigenvalue weighted by Gasteiger charge is 2.23. The van der Waals surface area contributed by atoms with Crippen LogP contribution in [0.1, 0.15) is 34.6 Å². The van der Waals surface area contributed by atoms with Gasteiger partial charge in [-0.1, -0.05) is 0 Å². The van der Waals surface area contributed by atoms with Crippen LogP contribution in [-0.2, 0) is 0 Å². The van der Waals surface area contributed by atoms with Gasteiger partial charge in [-0.25, -0.2) is 9.97 Å². The number of hydrogen-bond donors (Lipinski definition) is 2. The number of rotatable bonds is 3. The molecule has 138 valence electrons. The number of carbonyl (C=O) groups is 1. The van der Waals surface area contributed by atoms with Gasteiger partial charge >= 0.3 is 0 Å². The molecule has 0 spiro atoms. The topological polar surface area (TPSA) is 84.1 Å². The van der Waals surface area contributed by atoms with Crippen LogP contribution in [0.3, 0.4) is 0 Å². The normalized spacial score (nSPS) is 17.0. The monoisotopic (exact) mass is 403 g/mol. The number of nitrogens with zero attached hydrogens (tertiary/aromatic N) is 3. The number of thiazole rings is 1. The second-order valence-electron chi connectivity index (χ2n) is 5.80. The first-order valence-electron chi connectivity index (χ1n) is 7.81. The lowest BCUT2D eigenvalue weighted by molar-refractivity contribution is 0.0765.